The first-order chi connectivity index (χ1) is 8.54. The molecule has 1 atom stereocenters. The van der Waals surface area contributed by atoms with Crippen molar-refractivity contribution in [1.82, 2.24) is 9.97 Å². The van der Waals surface area contributed by atoms with Gasteiger partial charge < -0.3 is 15.8 Å². The van der Waals surface area contributed by atoms with E-state index in [1.807, 2.05) is 25.6 Å². The Hall–Kier alpha value is -1.17. The second-order valence-electron chi connectivity index (χ2n) is 4.55. The van der Waals surface area contributed by atoms with Crippen LogP contribution < -0.4 is 15.8 Å². The molecule has 5 nitrogen and oxygen atoms in total. The highest BCUT2D eigenvalue weighted by atomic mass is 32.2. The first-order valence-corrected chi connectivity index (χ1v) is 7.43. The summed E-state index contributed by atoms with van der Waals surface area (Å²) in [6.07, 6.45) is 3.62. The van der Waals surface area contributed by atoms with Gasteiger partial charge in [0.05, 0.1) is 6.10 Å². The van der Waals surface area contributed by atoms with E-state index in [2.05, 4.69) is 28.5 Å². The Labute approximate surface area is 113 Å². The quantitative estimate of drug-likeness (QED) is 0.791. The number of hydrogen-bond acceptors (Lipinski definition) is 6. The van der Waals surface area contributed by atoms with Crippen molar-refractivity contribution in [1.29, 1.82) is 0 Å². The molecule has 0 spiro atoms. The Morgan fingerprint density at radius 3 is 2.72 bits per heavy atom. The van der Waals surface area contributed by atoms with Crippen molar-refractivity contribution in [3.8, 4) is 5.88 Å². The van der Waals surface area contributed by atoms with Gasteiger partial charge in [-0.3, -0.25) is 0 Å². The van der Waals surface area contributed by atoms with Crippen LogP contribution in [0, 0.1) is 5.92 Å². The number of anilines is 2. The van der Waals surface area contributed by atoms with Gasteiger partial charge >= 0.3 is 0 Å². The Morgan fingerprint density at radius 2 is 2.11 bits per heavy atom. The first kappa shape index (κ1) is 14.9. The number of hydrogen-bond donors (Lipinski definition) is 2. The highest BCUT2D eigenvalue weighted by molar-refractivity contribution is 7.98. The summed E-state index contributed by atoms with van der Waals surface area (Å²) in [5, 5.41) is 3.24. The molecule has 1 aromatic rings. The van der Waals surface area contributed by atoms with Crippen molar-refractivity contribution < 1.29 is 4.74 Å². The van der Waals surface area contributed by atoms with Crippen LogP contribution in [0.5, 0.6) is 5.88 Å². The summed E-state index contributed by atoms with van der Waals surface area (Å²) in [7, 11) is 0. The van der Waals surface area contributed by atoms with Crippen LogP contribution in [0.25, 0.3) is 0 Å². The zero-order valence-electron chi connectivity index (χ0n) is 11.4. The fraction of sp³-hybridized carbons (Fsp3) is 0.667. The first-order valence-electron chi connectivity index (χ1n) is 6.04. The standard InChI is InChI=1S/C12H22N4OS/c1-8(2)17-12-10(13)11(15-7-16-12)14-5-9(3)6-18-4/h7-9H,5-6,13H2,1-4H3,(H,14,15,16). The van der Waals surface area contributed by atoms with Crippen LogP contribution in [0.15, 0.2) is 6.33 Å². The third-order valence-corrected chi connectivity index (χ3v) is 3.17. The summed E-state index contributed by atoms with van der Waals surface area (Å²) < 4.78 is 5.52. The molecule has 0 saturated heterocycles. The van der Waals surface area contributed by atoms with Crippen molar-refractivity contribution in [3.05, 3.63) is 6.33 Å². The Bertz CT molecular complexity index is 373. The van der Waals surface area contributed by atoms with E-state index >= 15 is 0 Å². The largest absolute Gasteiger partial charge is 0.473 e. The number of rotatable bonds is 7. The lowest BCUT2D eigenvalue weighted by molar-refractivity contribution is 0.234. The van der Waals surface area contributed by atoms with Crippen LogP contribution in [-0.4, -0.2) is 34.6 Å². The molecule has 1 aromatic heterocycles. The summed E-state index contributed by atoms with van der Waals surface area (Å²) in [4.78, 5) is 8.18. The molecule has 0 bridgehead atoms. The van der Waals surface area contributed by atoms with E-state index in [0.29, 0.717) is 23.3 Å². The summed E-state index contributed by atoms with van der Waals surface area (Å²) in [5.41, 5.74) is 6.45. The van der Waals surface area contributed by atoms with Crippen molar-refractivity contribution in [2.24, 2.45) is 5.92 Å². The maximum atomic E-state index is 5.97. The van der Waals surface area contributed by atoms with Gasteiger partial charge in [-0.15, -0.1) is 0 Å². The van der Waals surface area contributed by atoms with E-state index in [0.717, 1.165) is 12.3 Å². The molecule has 0 saturated carbocycles. The number of ether oxygens (including phenoxy) is 1. The van der Waals surface area contributed by atoms with Crippen molar-refractivity contribution in [2.75, 3.05) is 29.6 Å². The van der Waals surface area contributed by atoms with Gasteiger partial charge in [0.25, 0.3) is 0 Å². The lowest BCUT2D eigenvalue weighted by Gasteiger charge is -2.15. The maximum Gasteiger partial charge on any atom is 0.242 e. The van der Waals surface area contributed by atoms with Crippen LogP contribution >= 0.6 is 11.8 Å². The third-order valence-electron chi connectivity index (χ3n) is 2.26. The molecule has 1 unspecified atom stereocenters. The van der Waals surface area contributed by atoms with Gasteiger partial charge in [0.2, 0.25) is 5.88 Å². The Morgan fingerprint density at radius 1 is 1.39 bits per heavy atom. The smallest absolute Gasteiger partial charge is 0.242 e. The minimum Gasteiger partial charge on any atom is -0.473 e. The van der Waals surface area contributed by atoms with Crippen LogP contribution in [0.1, 0.15) is 20.8 Å². The molecule has 0 aliphatic heterocycles. The predicted molar refractivity (Wildman–Crippen MR) is 78.2 cm³/mol. The van der Waals surface area contributed by atoms with E-state index in [1.165, 1.54) is 6.33 Å². The number of nitrogens with zero attached hydrogens (tertiary/aromatic N) is 2. The molecule has 102 valence electrons. The average Bonchev–Trinajstić information content (AvgIpc) is 2.30. The maximum absolute atomic E-state index is 5.97. The Kier molecular flexibility index (Phi) is 6.04. The summed E-state index contributed by atoms with van der Waals surface area (Å²) in [6.45, 7) is 6.90. The van der Waals surface area contributed by atoms with E-state index in [-0.39, 0.29) is 6.10 Å². The average molecular weight is 270 g/mol. The number of nitrogens with one attached hydrogen (secondary N) is 1. The normalized spacial score (nSPS) is 12.5. The van der Waals surface area contributed by atoms with Crippen molar-refractivity contribution >= 4 is 23.3 Å². The minimum atomic E-state index is 0.0467. The molecular weight excluding hydrogens is 248 g/mol. The monoisotopic (exact) mass is 270 g/mol. The van der Waals surface area contributed by atoms with Crippen LogP contribution in [-0.2, 0) is 0 Å². The summed E-state index contributed by atoms with van der Waals surface area (Å²) in [6, 6.07) is 0. The molecule has 0 aliphatic carbocycles. The van der Waals surface area contributed by atoms with Gasteiger partial charge in [0.1, 0.15) is 12.0 Å². The molecule has 3 N–H and O–H groups in total. The molecule has 0 aliphatic rings. The lowest BCUT2D eigenvalue weighted by Crippen LogP contribution is -2.16. The minimum absolute atomic E-state index is 0.0467. The number of thioether (sulfide) groups is 1. The van der Waals surface area contributed by atoms with Gasteiger partial charge in [-0.1, -0.05) is 6.92 Å². The second kappa shape index (κ2) is 7.31. The molecule has 6 heteroatoms. The van der Waals surface area contributed by atoms with Crippen molar-refractivity contribution in [3.63, 3.8) is 0 Å². The molecule has 0 amide bonds. The zero-order chi connectivity index (χ0) is 13.5. The van der Waals surface area contributed by atoms with E-state index in [9.17, 15) is 0 Å². The van der Waals surface area contributed by atoms with Gasteiger partial charge in [-0.2, -0.15) is 16.7 Å². The molecular formula is C12H22N4OS. The fourth-order valence-electron chi connectivity index (χ4n) is 1.45. The summed E-state index contributed by atoms with van der Waals surface area (Å²) in [5.74, 6) is 2.75. The Balaban J connectivity index is 2.65. The lowest BCUT2D eigenvalue weighted by atomic mass is 10.2. The SMILES string of the molecule is CSCC(C)CNc1ncnc(OC(C)C)c1N. The number of nitrogen functional groups attached to an aromatic ring is 1. The van der Waals surface area contributed by atoms with Gasteiger partial charge in [0.15, 0.2) is 5.82 Å². The van der Waals surface area contributed by atoms with Crippen molar-refractivity contribution in [2.45, 2.75) is 26.9 Å². The number of aromatic nitrogens is 2. The van der Waals surface area contributed by atoms with Gasteiger partial charge in [-0.25, -0.2) is 4.98 Å². The highest BCUT2D eigenvalue weighted by Gasteiger charge is 2.11. The number of nitrogens with two attached hydrogens (primary N) is 1. The van der Waals surface area contributed by atoms with E-state index < -0.39 is 0 Å². The molecule has 1 rings (SSSR count). The molecule has 0 fully saturated rings. The van der Waals surface area contributed by atoms with Gasteiger partial charge in [-0.05, 0) is 31.8 Å². The second-order valence-corrected chi connectivity index (χ2v) is 5.46. The third kappa shape index (κ3) is 4.60. The van der Waals surface area contributed by atoms with Crippen LogP contribution in [0.4, 0.5) is 11.5 Å². The molecule has 0 aromatic carbocycles. The molecule has 18 heavy (non-hydrogen) atoms. The highest BCUT2D eigenvalue weighted by Crippen LogP contribution is 2.25. The fourth-order valence-corrected chi connectivity index (χ4v) is 2.14. The molecule has 1 heterocycles. The van der Waals surface area contributed by atoms with Gasteiger partial charge in [0, 0.05) is 6.54 Å². The summed E-state index contributed by atoms with van der Waals surface area (Å²) >= 11 is 1.83. The topological polar surface area (TPSA) is 73.1 Å². The van der Waals surface area contributed by atoms with Crippen LogP contribution in [0.2, 0.25) is 0 Å². The van der Waals surface area contributed by atoms with E-state index in [1.54, 1.807) is 0 Å². The van der Waals surface area contributed by atoms with E-state index in [4.69, 9.17) is 10.5 Å². The van der Waals surface area contributed by atoms with Crippen LogP contribution in [0.3, 0.4) is 0 Å². The predicted octanol–water partition coefficient (Wildman–Crippen LogP) is 2.26. The zero-order valence-corrected chi connectivity index (χ0v) is 12.3. The molecule has 0 radical (unpaired) electrons.